The number of rotatable bonds is 3. The van der Waals surface area contributed by atoms with Gasteiger partial charge in [-0.3, -0.25) is 4.79 Å². The largest absolute Gasteiger partial charge is 0.325 e. The van der Waals surface area contributed by atoms with Crippen molar-refractivity contribution in [1.29, 1.82) is 0 Å². The third-order valence-corrected chi connectivity index (χ3v) is 4.37. The number of nitrogens with zero attached hydrogens (tertiary/aromatic N) is 1. The monoisotopic (exact) mass is 348 g/mol. The van der Waals surface area contributed by atoms with Crippen LogP contribution in [0.4, 0.5) is 4.39 Å². The van der Waals surface area contributed by atoms with Gasteiger partial charge in [0.05, 0.1) is 10.6 Å². The maximum absolute atomic E-state index is 13.9. The molecule has 0 amide bonds. The highest BCUT2D eigenvalue weighted by atomic mass is 79.9. The van der Waals surface area contributed by atoms with E-state index in [1.165, 1.54) is 23.5 Å². The van der Waals surface area contributed by atoms with Crippen LogP contribution in [0.1, 0.15) is 21.1 Å². The van der Waals surface area contributed by atoms with Crippen LogP contribution in [0.25, 0.3) is 0 Å². The van der Waals surface area contributed by atoms with E-state index >= 15 is 0 Å². The van der Waals surface area contributed by atoms with Gasteiger partial charge in [0.15, 0.2) is 5.82 Å². The molecule has 7 heteroatoms. The summed E-state index contributed by atoms with van der Waals surface area (Å²) in [6.07, 6.45) is 0. The minimum atomic E-state index is -0.752. The second-order valence-electron chi connectivity index (χ2n) is 3.38. The first kappa shape index (κ1) is 13.6. The number of thiazole rings is 1. The average molecular weight is 350 g/mol. The standard InChI is InChI=1S/C11H7BrClFN2OS/c12-6-2-1-5(10(14)9(6)13)11(17)7-4-18-8(3-15)16-7/h1-2,4H,3,15H2. The first-order valence-electron chi connectivity index (χ1n) is 4.87. The lowest BCUT2D eigenvalue weighted by molar-refractivity contribution is 0.103. The number of nitrogens with two attached hydrogens (primary N) is 1. The van der Waals surface area contributed by atoms with Crippen LogP contribution in [0, 0.1) is 5.82 Å². The third-order valence-electron chi connectivity index (χ3n) is 2.24. The fourth-order valence-electron chi connectivity index (χ4n) is 1.35. The zero-order valence-corrected chi connectivity index (χ0v) is 12.1. The fourth-order valence-corrected chi connectivity index (χ4v) is 2.47. The lowest BCUT2D eigenvalue weighted by atomic mass is 10.1. The van der Waals surface area contributed by atoms with E-state index in [-0.39, 0.29) is 22.8 Å². The number of carbonyl (C=O) groups excluding carboxylic acids is 1. The van der Waals surface area contributed by atoms with Crippen LogP contribution in [-0.4, -0.2) is 10.8 Å². The Bertz CT molecular complexity index is 617. The zero-order chi connectivity index (χ0) is 13.3. The molecule has 1 heterocycles. The topological polar surface area (TPSA) is 56.0 Å². The number of carbonyl (C=O) groups is 1. The van der Waals surface area contributed by atoms with Crippen LogP contribution in [0.3, 0.4) is 0 Å². The Labute approximate surface area is 120 Å². The van der Waals surface area contributed by atoms with Crippen LogP contribution in [-0.2, 0) is 6.54 Å². The normalized spacial score (nSPS) is 10.7. The minimum Gasteiger partial charge on any atom is -0.325 e. The molecule has 0 spiro atoms. The van der Waals surface area contributed by atoms with Crippen molar-refractivity contribution >= 4 is 44.7 Å². The molecule has 0 aliphatic carbocycles. The van der Waals surface area contributed by atoms with E-state index in [1.54, 1.807) is 5.38 Å². The van der Waals surface area contributed by atoms with Gasteiger partial charge in [0.1, 0.15) is 10.7 Å². The van der Waals surface area contributed by atoms with Gasteiger partial charge in [0, 0.05) is 16.4 Å². The van der Waals surface area contributed by atoms with Crippen molar-refractivity contribution in [3.05, 3.63) is 49.1 Å². The first-order chi connectivity index (χ1) is 8.54. The number of hydrogen-bond acceptors (Lipinski definition) is 4. The number of aromatic nitrogens is 1. The van der Waals surface area contributed by atoms with Crippen LogP contribution in [0.15, 0.2) is 22.0 Å². The molecule has 3 nitrogen and oxygen atoms in total. The Kier molecular flexibility index (Phi) is 4.11. The Morgan fingerprint density at radius 2 is 2.28 bits per heavy atom. The van der Waals surface area contributed by atoms with Gasteiger partial charge in [-0.15, -0.1) is 11.3 Å². The molecule has 0 bridgehead atoms. The summed E-state index contributed by atoms with van der Waals surface area (Å²) < 4.78 is 14.3. The summed E-state index contributed by atoms with van der Waals surface area (Å²) >= 11 is 10.1. The van der Waals surface area contributed by atoms with Crippen molar-refractivity contribution in [2.45, 2.75) is 6.54 Å². The lowest BCUT2D eigenvalue weighted by Gasteiger charge is -2.03. The van der Waals surface area contributed by atoms with Crippen molar-refractivity contribution in [1.82, 2.24) is 4.98 Å². The summed E-state index contributed by atoms with van der Waals surface area (Å²) in [5.74, 6) is -1.25. The summed E-state index contributed by atoms with van der Waals surface area (Å²) in [6.45, 7) is 0.252. The first-order valence-corrected chi connectivity index (χ1v) is 6.92. The maximum atomic E-state index is 13.9. The van der Waals surface area contributed by atoms with Gasteiger partial charge < -0.3 is 5.73 Å². The quantitative estimate of drug-likeness (QED) is 0.682. The van der Waals surface area contributed by atoms with Crippen molar-refractivity contribution in [2.75, 3.05) is 0 Å². The third kappa shape index (κ3) is 2.47. The molecule has 0 saturated heterocycles. The van der Waals surface area contributed by atoms with Gasteiger partial charge in [-0.25, -0.2) is 9.37 Å². The summed E-state index contributed by atoms with van der Waals surface area (Å²) in [6, 6.07) is 2.89. The molecule has 2 aromatic rings. The molecular weight excluding hydrogens is 343 g/mol. The molecule has 0 fully saturated rings. The molecule has 0 aliphatic rings. The Morgan fingerprint density at radius 1 is 1.56 bits per heavy atom. The molecule has 0 unspecified atom stereocenters. The van der Waals surface area contributed by atoms with E-state index in [1.807, 2.05) is 0 Å². The van der Waals surface area contributed by atoms with Crippen molar-refractivity contribution in [3.8, 4) is 0 Å². The molecular formula is C11H7BrClFN2OS. The molecule has 1 aromatic heterocycles. The minimum absolute atomic E-state index is 0.0999. The zero-order valence-electron chi connectivity index (χ0n) is 8.91. The van der Waals surface area contributed by atoms with E-state index < -0.39 is 11.6 Å². The van der Waals surface area contributed by atoms with Crippen LogP contribution in [0.5, 0.6) is 0 Å². The Morgan fingerprint density at radius 3 is 2.89 bits per heavy atom. The highest BCUT2D eigenvalue weighted by Crippen LogP contribution is 2.28. The van der Waals surface area contributed by atoms with Crippen LogP contribution < -0.4 is 5.73 Å². The average Bonchev–Trinajstić information content (AvgIpc) is 2.84. The Hall–Kier alpha value is -0.820. The molecule has 1 aromatic carbocycles. The fraction of sp³-hybridized carbons (Fsp3) is 0.0909. The van der Waals surface area contributed by atoms with Crippen LogP contribution >= 0.6 is 38.9 Å². The van der Waals surface area contributed by atoms with Gasteiger partial charge >= 0.3 is 0 Å². The van der Waals surface area contributed by atoms with Crippen LogP contribution in [0.2, 0.25) is 5.02 Å². The molecule has 0 radical (unpaired) electrons. The highest BCUT2D eigenvalue weighted by molar-refractivity contribution is 9.10. The molecule has 0 aliphatic heterocycles. The van der Waals surface area contributed by atoms with E-state index in [2.05, 4.69) is 20.9 Å². The van der Waals surface area contributed by atoms with Crippen molar-refractivity contribution in [3.63, 3.8) is 0 Å². The van der Waals surface area contributed by atoms with E-state index in [4.69, 9.17) is 17.3 Å². The molecule has 0 saturated carbocycles. The van der Waals surface area contributed by atoms with Crippen molar-refractivity contribution in [2.24, 2.45) is 5.73 Å². The number of benzene rings is 1. The Balaban J connectivity index is 2.43. The van der Waals surface area contributed by atoms with Gasteiger partial charge in [0.25, 0.3) is 0 Å². The van der Waals surface area contributed by atoms with E-state index in [9.17, 15) is 9.18 Å². The lowest BCUT2D eigenvalue weighted by Crippen LogP contribution is -2.06. The molecule has 2 rings (SSSR count). The number of ketones is 1. The van der Waals surface area contributed by atoms with Crippen molar-refractivity contribution < 1.29 is 9.18 Å². The SMILES string of the molecule is NCc1nc(C(=O)c2ccc(Br)c(Cl)c2F)cs1. The summed E-state index contributed by atoms with van der Waals surface area (Å²) in [4.78, 5) is 16.1. The van der Waals surface area contributed by atoms with E-state index in [0.717, 1.165) is 0 Å². The van der Waals surface area contributed by atoms with Gasteiger partial charge in [-0.05, 0) is 28.1 Å². The second kappa shape index (κ2) is 5.44. The summed E-state index contributed by atoms with van der Waals surface area (Å²) in [5, 5.41) is 2.07. The molecule has 0 atom stereocenters. The molecule has 18 heavy (non-hydrogen) atoms. The van der Waals surface area contributed by atoms with Gasteiger partial charge in [0.2, 0.25) is 5.78 Å². The van der Waals surface area contributed by atoms with Gasteiger partial charge in [-0.1, -0.05) is 11.6 Å². The predicted octanol–water partition coefficient (Wildman–Crippen LogP) is 3.39. The number of hydrogen-bond donors (Lipinski definition) is 1. The summed E-state index contributed by atoms with van der Waals surface area (Å²) in [7, 11) is 0. The smallest absolute Gasteiger partial charge is 0.215 e. The van der Waals surface area contributed by atoms with E-state index in [0.29, 0.717) is 9.48 Å². The summed E-state index contributed by atoms with van der Waals surface area (Å²) in [5.41, 5.74) is 5.49. The number of halogens is 3. The van der Waals surface area contributed by atoms with Gasteiger partial charge in [-0.2, -0.15) is 0 Å². The maximum Gasteiger partial charge on any atom is 0.215 e. The predicted molar refractivity (Wildman–Crippen MR) is 72.5 cm³/mol. The molecule has 2 N–H and O–H groups in total. The molecule has 94 valence electrons. The highest BCUT2D eigenvalue weighted by Gasteiger charge is 2.20. The second-order valence-corrected chi connectivity index (χ2v) is 5.56.